The largest absolute Gasteiger partial charge is 0.486 e. The third kappa shape index (κ3) is 3.17. The summed E-state index contributed by atoms with van der Waals surface area (Å²) >= 11 is 0. The molecule has 4 rings (SSSR count). The highest BCUT2D eigenvalue weighted by Crippen LogP contribution is 2.25. The number of nitrogens with zero attached hydrogens (tertiary/aromatic N) is 3. The Morgan fingerprint density at radius 3 is 2.88 bits per heavy atom. The first-order chi connectivity index (χ1) is 12.5. The second-order valence-electron chi connectivity index (χ2n) is 6.70. The standard InChI is InChI=1S/C19H19FN4O2/c1-11-5-15-16(23-19(11)25)6-13(7-21-15)9-24-10-17(12(24)2)26-14-3-4-18(20)22-8-14/h3-8,12,17H,9-10H2,1-2H3,(H,23,25)/t12-,17+/m1/s1. The van der Waals surface area contributed by atoms with Gasteiger partial charge in [0.1, 0.15) is 11.9 Å². The average Bonchev–Trinajstić information content (AvgIpc) is 2.63. The lowest BCUT2D eigenvalue weighted by atomic mass is 10.00. The third-order valence-electron chi connectivity index (χ3n) is 4.84. The number of fused-ring (bicyclic) bond motifs is 1. The normalized spacial score (nSPS) is 20.1. The van der Waals surface area contributed by atoms with Crippen molar-refractivity contribution in [1.29, 1.82) is 0 Å². The molecule has 26 heavy (non-hydrogen) atoms. The monoisotopic (exact) mass is 354 g/mol. The molecule has 0 saturated carbocycles. The summed E-state index contributed by atoms with van der Waals surface area (Å²) < 4.78 is 18.7. The molecule has 0 spiro atoms. The number of aryl methyl sites for hydroxylation is 1. The summed E-state index contributed by atoms with van der Waals surface area (Å²) in [7, 11) is 0. The molecule has 7 heteroatoms. The number of nitrogens with one attached hydrogen (secondary N) is 1. The number of halogens is 1. The van der Waals surface area contributed by atoms with E-state index in [1.807, 2.05) is 12.3 Å². The zero-order chi connectivity index (χ0) is 18.3. The van der Waals surface area contributed by atoms with Gasteiger partial charge in [0.25, 0.3) is 5.56 Å². The van der Waals surface area contributed by atoms with E-state index in [9.17, 15) is 9.18 Å². The Kier molecular flexibility index (Phi) is 4.16. The van der Waals surface area contributed by atoms with Gasteiger partial charge in [0, 0.05) is 30.9 Å². The molecule has 0 amide bonds. The first-order valence-electron chi connectivity index (χ1n) is 8.50. The number of aromatic nitrogens is 3. The second kappa shape index (κ2) is 6.49. The van der Waals surface area contributed by atoms with Gasteiger partial charge in [-0.3, -0.25) is 14.7 Å². The summed E-state index contributed by atoms with van der Waals surface area (Å²) in [6.45, 7) is 5.35. The second-order valence-corrected chi connectivity index (χ2v) is 6.70. The van der Waals surface area contributed by atoms with Crippen LogP contribution in [0.15, 0.2) is 41.5 Å². The van der Waals surface area contributed by atoms with E-state index < -0.39 is 5.95 Å². The molecule has 1 aliphatic heterocycles. The summed E-state index contributed by atoms with van der Waals surface area (Å²) in [5.74, 6) is 0.0564. The van der Waals surface area contributed by atoms with Crippen molar-refractivity contribution in [2.75, 3.05) is 6.54 Å². The van der Waals surface area contributed by atoms with Gasteiger partial charge in [0.15, 0.2) is 0 Å². The van der Waals surface area contributed by atoms with Crippen molar-refractivity contribution in [3.05, 3.63) is 64.1 Å². The van der Waals surface area contributed by atoms with Gasteiger partial charge in [-0.25, -0.2) is 4.98 Å². The highest BCUT2D eigenvalue weighted by atomic mass is 19.1. The van der Waals surface area contributed by atoms with E-state index >= 15 is 0 Å². The lowest BCUT2D eigenvalue weighted by Crippen LogP contribution is -2.60. The van der Waals surface area contributed by atoms with Crippen molar-refractivity contribution in [2.24, 2.45) is 0 Å². The lowest BCUT2D eigenvalue weighted by Gasteiger charge is -2.45. The molecule has 1 fully saturated rings. The van der Waals surface area contributed by atoms with Gasteiger partial charge in [0.05, 0.1) is 17.2 Å². The van der Waals surface area contributed by atoms with Crippen LogP contribution in [0.25, 0.3) is 11.0 Å². The molecular weight excluding hydrogens is 335 g/mol. The van der Waals surface area contributed by atoms with Crippen LogP contribution in [0.1, 0.15) is 18.1 Å². The molecular formula is C19H19FN4O2. The van der Waals surface area contributed by atoms with Gasteiger partial charge >= 0.3 is 0 Å². The maximum Gasteiger partial charge on any atom is 0.251 e. The van der Waals surface area contributed by atoms with Gasteiger partial charge in [-0.1, -0.05) is 0 Å². The predicted molar refractivity (Wildman–Crippen MR) is 95.6 cm³/mol. The summed E-state index contributed by atoms with van der Waals surface area (Å²) in [6.07, 6.45) is 3.28. The van der Waals surface area contributed by atoms with Crippen molar-refractivity contribution < 1.29 is 9.13 Å². The van der Waals surface area contributed by atoms with Crippen LogP contribution in [0, 0.1) is 12.9 Å². The Balaban J connectivity index is 1.42. The van der Waals surface area contributed by atoms with E-state index in [0.717, 1.165) is 29.7 Å². The lowest BCUT2D eigenvalue weighted by molar-refractivity contribution is -0.0415. The summed E-state index contributed by atoms with van der Waals surface area (Å²) in [5, 5.41) is 0. The number of likely N-dealkylation sites (tertiary alicyclic amines) is 1. The zero-order valence-electron chi connectivity index (χ0n) is 14.6. The zero-order valence-corrected chi connectivity index (χ0v) is 14.6. The molecule has 1 saturated heterocycles. The average molecular weight is 354 g/mol. The summed E-state index contributed by atoms with van der Waals surface area (Å²) in [6, 6.07) is 6.86. The van der Waals surface area contributed by atoms with Crippen molar-refractivity contribution >= 4 is 11.0 Å². The van der Waals surface area contributed by atoms with Gasteiger partial charge in [-0.15, -0.1) is 0 Å². The van der Waals surface area contributed by atoms with Crippen LogP contribution in [0.4, 0.5) is 4.39 Å². The smallest absolute Gasteiger partial charge is 0.251 e. The Bertz CT molecular complexity index is 1000. The quantitative estimate of drug-likeness (QED) is 0.729. The van der Waals surface area contributed by atoms with Crippen molar-refractivity contribution in [3.63, 3.8) is 0 Å². The van der Waals surface area contributed by atoms with Crippen LogP contribution in [0.2, 0.25) is 0 Å². The molecule has 0 aliphatic carbocycles. The Hall–Kier alpha value is -2.80. The van der Waals surface area contributed by atoms with E-state index in [1.54, 1.807) is 19.1 Å². The van der Waals surface area contributed by atoms with Gasteiger partial charge in [-0.05, 0) is 43.7 Å². The maximum atomic E-state index is 12.9. The maximum absolute atomic E-state index is 12.9. The number of hydrogen-bond donors (Lipinski definition) is 1. The molecule has 0 aromatic carbocycles. The number of pyridine rings is 3. The van der Waals surface area contributed by atoms with Crippen LogP contribution in [0.5, 0.6) is 5.75 Å². The van der Waals surface area contributed by atoms with Crippen LogP contribution in [0.3, 0.4) is 0 Å². The fourth-order valence-corrected chi connectivity index (χ4v) is 3.14. The molecule has 1 aliphatic rings. The highest BCUT2D eigenvalue weighted by molar-refractivity contribution is 5.74. The molecule has 4 heterocycles. The van der Waals surface area contributed by atoms with E-state index in [-0.39, 0.29) is 17.7 Å². The van der Waals surface area contributed by atoms with Crippen molar-refractivity contribution in [2.45, 2.75) is 32.5 Å². The topological polar surface area (TPSA) is 71.1 Å². The van der Waals surface area contributed by atoms with Gasteiger partial charge < -0.3 is 9.72 Å². The minimum absolute atomic E-state index is 0.0399. The molecule has 6 nitrogen and oxygen atoms in total. The van der Waals surface area contributed by atoms with Crippen molar-refractivity contribution in [1.82, 2.24) is 19.9 Å². The number of H-pyrrole nitrogens is 1. The third-order valence-corrected chi connectivity index (χ3v) is 4.84. The minimum atomic E-state index is -0.516. The Labute approximate surface area is 149 Å². The molecule has 0 unspecified atom stereocenters. The number of rotatable bonds is 4. The Morgan fingerprint density at radius 2 is 2.15 bits per heavy atom. The first kappa shape index (κ1) is 16.7. The number of aromatic amines is 1. The molecule has 0 radical (unpaired) electrons. The van der Waals surface area contributed by atoms with E-state index in [4.69, 9.17) is 4.74 Å². The Morgan fingerprint density at radius 1 is 1.31 bits per heavy atom. The molecule has 1 N–H and O–H groups in total. The number of hydrogen-bond acceptors (Lipinski definition) is 5. The molecule has 2 atom stereocenters. The highest BCUT2D eigenvalue weighted by Gasteiger charge is 2.37. The SMILES string of the molecule is Cc1cc2ncc(CN3C[C@H](Oc4ccc(F)nc4)[C@H]3C)cc2[nH]c1=O. The van der Waals surface area contributed by atoms with Crippen LogP contribution < -0.4 is 10.3 Å². The van der Waals surface area contributed by atoms with Crippen molar-refractivity contribution in [3.8, 4) is 5.75 Å². The van der Waals surface area contributed by atoms with Crippen LogP contribution in [-0.4, -0.2) is 38.5 Å². The minimum Gasteiger partial charge on any atom is -0.486 e. The first-order valence-corrected chi connectivity index (χ1v) is 8.50. The van der Waals surface area contributed by atoms with Crippen LogP contribution in [-0.2, 0) is 6.54 Å². The van der Waals surface area contributed by atoms with Gasteiger partial charge in [0.2, 0.25) is 5.95 Å². The predicted octanol–water partition coefficient (Wildman–Crippen LogP) is 2.42. The molecule has 3 aromatic heterocycles. The van der Waals surface area contributed by atoms with E-state index in [0.29, 0.717) is 11.3 Å². The molecule has 0 bridgehead atoms. The van der Waals surface area contributed by atoms with Gasteiger partial charge in [-0.2, -0.15) is 4.39 Å². The van der Waals surface area contributed by atoms with Crippen LogP contribution >= 0.6 is 0 Å². The molecule has 134 valence electrons. The van der Waals surface area contributed by atoms with E-state index in [1.165, 1.54) is 12.3 Å². The van der Waals surface area contributed by atoms with E-state index in [2.05, 4.69) is 26.8 Å². The molecule has 3 aromatic rings. The number of ether oxygens (including phenoxy) is 1. The summed E-state index contributed by atoms with van der Waals surface area (Å²) in [4.78, 5) is 25.0. The summed E-state index contributed by atoms with van der Waals surface area (Å²) in [5.41, 5.74) is 3.13. The fourth-order valence-electron chi connectivity index (χ4n) is 3.14. The fraction of sp³-hybridized carbons (Fsp3) is 0.316.